The van der Waals surface area contributed by atoms with E-state index >= 15 is 0 Å². The third-order valence-corrected chi connectivity index (χ3v) is 3.04. The van der Waals surface area contributed by atoms with Crippen LogP contribution in [0.25, 0.3) is 0 Å². The van der Waals surface area contributed by atoms with Gasteiger partial charge in [-0.05, 0) is 26.8 Å². The van der Waals surface area contributed by atoms with Gasteiger partial charge in [-0.15, -0.1) is 0 Å². The van der Waals surface area contributed by atoms with Crippen molar-refractivity contribution in [1.82, 2.24) is 4.68 Å². The standard InChI is InChI=1S/C12H18N2O2/c1-9-8-12(11(3)15)10(2)14(9)13-4-6-16-7-5-13/h8H,4-7H2,1-3H3. The molecule has 1 aliphatic heterocycles. The Morgan fingerprint density at radius 2 is 1.94 bits per heavy atom. The van der Waals surface area contributed by atoms with Crippen LogP contribution in [0, 0.1) is 13.8 Å². The largest absolute Gasteiger partial charge is 0.378 e. The summed E-state index contributed by atoms with van der Waals surface area (Å²) in [6, 6.07) is 1.97. The lowest BCUT2D eigenvalue weighted by Gasteiger charge is -2.32. The highest BCUT2D eigenvalue weighted by Crippen LogP contribution is 2.16. The molecule has 0 spiro atoms. The van der Waals surface area contributed by atoms with Crippen molar-refractivity contribution >= 4 is 5.78 Å². The molecule has 0 N–H and O–H groups in total. The molecule has 4 nitrogen and oxygen atoms in total. The molecule has 0 aliphatic carbocycles. The summed E-state index contributed by atoms with van der Waals surface area (Å²) in [5, 5.41) is 2.24. The third kappa shape index (κ3) is 1.85. The Bertz CT molecular complexity index is 403. The minimum absolute atomic E-state index is 0.132. The van der Waals surface area contributed by atoms with Gasteiger partial charge in [-0.25, -0.2) is 0 Å². The number of nitrogens with zero attached hydrogens (tertiary/aromatic N) is 2. The molecule has 16 heavy (non-hydrogen) atoms. The van der Waals surface area contributed by atoms with E-state index in [1.807, 2.05) is 19.9 Å². The first-order valence-electron chi connectivity index (χ1n) is 5.64. The Labute approximate surface area is 95.8 Å². The number of ether oxygens (including phenoxy) is 1. The first-order valence-corrected chi connectivity index (χ1v) is 5.64. The molecule has 88 valence electrons. The molecule has 1 aromatic rings. The lowest BCUT2D eigenvalue weighted by Crippen LogP contribution is -2.44. The molecule has 0 amide bonds. The highest BCUT2D eigenvalue weighted by Gasteiger charge is 2.18. The average Bonchev–Trinajstić information content (AvgIpc) is 2.56. The van der Waals surface area contributed by atoms with Gasteiger partial charge >= 0.3 is 0 Å². The first kappa shape index (κ1) is 11.2. The third-order valence-electron chi connectivity index (χ3n) is 3.04. The van der Waals surface area contributed by atoms with E-state index in [-0.39, 0.29) is 5.78 Å². The van der Waals surface area contributed by atoms with Crippen LogP contribution < -0.4 is 5.01 Å². The zero-order chi connectivity index (χ0) is 11.7. The van der Waals surface area contributed by atoms with Gasteiger partial charge in [0.2, 0.25) is 0 Å². The van der Waals surface area contributed by atoms with Crippen molar-refractivity contribution in [1.29, 1.82) is 0 Å². The van der Waals surface area contributed by atoms with Crippen molar-refractivity contribution in [2.24, 2.45) is 0 Å². The number of hydrogen-bond acceptors (Lipinski definition) is 3. The molecule has 4 heteroatoms. The number of aryl methyl sites for hydroxylation is 1. The van der Waals surface area contributed by atoms with Crippen LogP contribution in [0.2, 0.25) is 0 Å². The van der Waals surface area contributed by atoms with E-state index < -0.39 is 0 Å². The molecule has 2 heterocycles. The second-order valence-corrected chi connectivity index (χ2v) is 4.22. The predicted octanol–water partition coefficient (Wildman–Crippen LogP) is 1.28. The van der Waals surface area contributed by atoms with Crippen LogP contribution in [0.4, 0.5) is 0 Å². The normalized spacial score (nSPS) is 16.6. The van der Waals surface area contributed by atoms with Crippen LogP contribution >= 0.6 is 0 Å². The summed E-state index contributed by atoms with van der Waals surface area (Å²) in [4.78, 5) is 11.5. The van der Waals surface area contributed by atoms with Crippen LogP contribution in [-0.4, -0.2) is 36.8 Å². The number of carbonyl (C=O) groups excluding carboxylic acids is 1. The van der Waals surface area contributed by atoms with E-state index in [9.17, 15) is 4.79 Å². The minimum Gasteiger partial charge on any atom is -0.378 e. The van der Waals surface area contributed by atoms with Gasteiger partial charge in [0.1, 0.15) is 0 Å². The van der Waals surface area contributed by atoms with Gasteiger partial charge in [-0.3, -0.25) is 9.47 Å². The van der Waals surface area contributed by atoms with E-state index in [0.717, 1.165) is 43.3 Å². The summed E-state index contributed by atoms with van der Waals surface area (Å²) in [6.07, 6.45) is 0. The molecule has 1 aromatic heterocycles. The summed E-state index contributed by atoms with van der Waals surface area (Å²) in [6.45, 7) is 8.93. The average molecular weight is 222 g/mol. The van der Waals surface area contributed by atoms with Crippen molar-refractivity contribution in [2.45, 2.75) is 20.8 Å². The van der Waals surface area contributed by atoms with Crippen molar-refractivity contribution in [2.75, 3.05) is 31.3 Å². The molecule has 0 unspecified atom stereocenters. The predicted molar refractivity (Wildman–Crippen MR) is 62.7 cm³/mol. The summed E-state index contributed by atoms with van der Waals surface area (Å²) in [5.74, 6) is 0.132. The molecule has 1 saturated heterocycles. The molecule has 0 saturated carbocycles. The van der Waals surface area contributed by atoms with Crippen LogP contribution in [0.15, 0.2) is 6.07 Å². The lowest BCUT2D eigenvalue weighted by molar-refractivity contribution is 0.101. The van der Waals surface area contributed by atoms with Gasteiger partial charge in [0, 0.05) is 17.0 Å². The monoisotopic (exact) mass is 222 g/mol. The Balaban J connectivity index is 2.36. The highest BCUT2D eigenvalue weighted by atomic mass is 16.5. The van der Waals surface area contributed by atoms with Crippen molar-refractivity contribution in [3.05, 3.63) is 23.0 Å². The fourth-order valence-electron chi connectivity index (χ4n) is 2.30. The summed E-state index contributed by atoms with van der Waals surface area (Å²) in [5.41, 5.74) is 2.97. The van der Waals surface area contributed by atoms with Gasteiger partial charge in [0.15, 0.2) is 5.78 Å². The lowest BCUT2D eigenvalue weighted by atomic mass is 10.2. The summed E-state index contributed by atoms with van der Waals surface area (Å²) in [7, 11) is 0. The Kier molecular flexibility index (Phi) is 3.01. The molecule has 0 aromatic carbocycles. The number of ketones is 1. The van der Waals surface area contributed by atoms with E-state index in [4.69, 9.17) is 4.74 Å². The Hall–Kier alpha value is -1.29. The molecule has 0 atom stereocenters. The minimum atomic E-state index is 0.132. The number of hydrogen-bond donors (Lipinski definition) is 0. The second-order valence-electron chi connectivity index (χ2n) is 4.22. The van der Waals surface area contributed by atoms with Gasteiger partial charge in [0.25, 0.3) is 0 Å². The van der Waals surface area contributed by atoms with Gasteiger partial charge < -0.3 is 9.75 Å². The maximum absolute atomic E-state index is 11.5. The number of aromatic nitrogens is 1. The smallest absolute Gasteiger partial charge is 0.161 e. The SMILES string of the molecule is CC(=O)c1cc(C)n(N2CCOCC2)c1C. The maximum Gasteiger partial charge on any atom is 0.161 e. The quantitative estimate of drug-likeness (QED) is 0.707. The summed E-state index contributed by atoms with van der Waals surface area (Å²) < 4.78 is 7.47. The van der Waals surface area contributed by atoms with Crippen molar-refractivity contribution < 1.29 is 9.53 Å². The first-order chi connectivity index (χ1) is 7.61. The number of rotatable bonds is 2. The van der Waals surface area contributed by atoms with E-state index in [2.05, 4.69) is 9.69 Å². The van der Waals surface area contributed by atoms with Gasteiger partial charge in [0.05, 0.1) is 26.3 Å². The zero-order valence-corrected chi connectivity index (χ0v) is 10.1. The Morgan fingerprint density at radius 3 is 2.44 bits per heavy atom. The zero-order valence-electron chi connectivity index (χ0n) is 10.1. The van der Waals surface area contributed by atoms with Gasteiger partial charge in [-0.1, -0.05) is 0 Å². The molecule has 2 rings (SSSR count). The van der Waals surface area contributed by atoms with Crippen molar-refractivity contribution in [3.63, 3.8) is 0 Å². The van der Waals surface area contributed by atoms with Crippen LogP contribution in [0.5, 0.6) is 0 Å². The topological polar surface area (TPSA) is 34.5 Å². The van der Waals surface area contributed by atoms with E-state index in [1.54, 1.807) is 6.92 Å². The fourth-order valence-corrected chi connectivity index (χ4v) is 2.30. The maximum atomic E-state index is 11.5. The number of Topliss-reactive ketones (excluding diaryl/α,β-unsaturated/α-hetero) is 1. The number of morpholine rings is 1. The van der Waals surface area contributed by atoms with E-state index in [0.29, 0.717) is 0 Å². The van der Waals surface area contributed by atoms with Crippen LogP contribution in [0.3, 0.4) is 0 Å². The molecule has 0 radical (unpaired) electrons. The van der Waals surface area contributed by atoms with Crippen LogP contribution in [0.1, 0.15) is 28.7 Å². The summed E-state index contributed by atoms with van der Waals surface area (Å²) >= 11 is 0. The molecule has 1 fully saturated rings. The molecular weight excluding hydrogens is 204 g/mol. The van der Waals surface area contributed by atoms with Crippen LogP contribution in [-0.2, 0) is 4.74 Å². The van der Waals surface area contributed by atoms with Gasteiger partial charge in [-0.2, -0.15) is 0 Å². The molecular formula is C12H18N2O2. The van der Waals surface area contributed by atoms with E-state index in [1.165, 1.54) is 0 Å². The Morgan fingerprint density at radius 1 is 1.31 bits per heavy atom. The van der Waals surface area contributed by atoms with Crippen molar-refractivity contribution in [3.8, 4) is 0 Å². The molecule has 0 bridgehead atoms. The fraction of sp³-hybridized carbons (Fsp3) is 0.583. The highest BCUT2D eigenvalue weighted by molar-refractivity contribution is 5.95. The number of carbonyl (C=O) groups is 1. The second kappa shape index (κ2) is 4.29. The molecule has 1 aliphatic rings.